The molecule has 2 N–H and O–H groups in total. The van der Waals surface area contributed by atoms with Gasteiger partial charge in [0.05, 0.1) is 11.0 Å². The summed E-state index contributed by atoms with van der Waals surface area (Å²) < 4.78 is 2.88. The normalized spacial score (nSPS) is 13.7. The van der Waals surface area contributed by atoms with Crippen LogP contribution in [-0.4, -0.2) is 23.5 Å². The van der Waals surface area contributed by atoms with Crippen LogP contribution in [0, 0.1) is 16.1 Å². The van der Waals surface area contributed by atoms with Gasteiger partial charge < -0.3 is 10.4 Å². The second-order valence-corrected chi connectivity index (χ2v) is 8.14. The quantitative estimate of drug-likeness (QED) is 0.394. The molecule has 20 heavy (non-hydrogen) atoms. The van der Waals surface area contributed by atoms with E-state index in [0.717, 1.165) is 10.7 Å². The van der Waals surface area contributed by atoms with E-state index < -0.39 is 11.4 Å². The molecule has 0 aromatic heterocycles. The number of carboxylic acid groups (broad SMARTS) is 1. The molecular formula is C13H14I3NO3. The number of halogens is 3. The molecule has 0 saturated heterocycles. The van der Waals surface area contributed by atoms with E-state index in [1.165, 1.54) is 0 Å². The SMILES string of the molecule is CCC(C)(CNC(=O)c1cc(I)cc(I)c1I)C(=O)O. The van der Waals surface area contributed by atoms with Crippen LogP contribution in [0.1, 0.15) is 30.6 Å². The lowest BCUT2D eigenvalue weighted by atomic mass is 9.87. The summed E-state index contributed by atoms with van der Waals surface area (Å²) in [7, 11) is 0. The number of amides is 1. The maximum Gasteiger partial charge on any atom is 0.311 e. The molecule has 0 radical (unpaired) electrons. The summed E-state index contributed by atoms with van der Waals surface area (Å²) >= 11 is 6.48. The van der Waals surface area contributed by atoms with Crippen LogP contribution in [0.4, 0.5) is 0 Å². The Balaban J connectivity index is 2.91. The minimum Gasteiger partial charge on any atom is -0.481 e. The van der Waals surface area contributed by atoms with Crippen LogP contribution in [0.25, 0.3) is 0 Å². The van der Waals surface area contributed by atoms with Gasteiger partial charge in [0, 0.05) is 17.3 Å². The van der Waals surface area contributed by atoms with Crippen molar-refractivity contribution in [1.82, 2.24) is 5.32 Å². The molecule has 1 aromatic rings. The largest absolute Gasteiger partial charge is 0.481 e. The molecule has 1 aromatic carbocycles. The minimum atomic E-state index is -0.934. The van der Waals surface area contributed by atoms with E-state index in [0.29, 0.717) is 12.0 Å². The zero-order valence-electron chi connectivity index (χ0n) is 11.0. The average molecular weight is 613 g/mol. The van der Waals surface area contributed by atoms with E-state index in [4.69, 9.17) is 0 Å². The van der Waals surface area contributed by atoms with E-state index in [2.05, 4.69) is 73.1 Å². The molecule has 4 nitrogen and oxygen atoms in total. The maximum absolute atomic E-state index is 12.2. The van der Waals surface area contributed by atoms with Crippen LogP contribution in [0.2, 0.25) is 0 Å². The van der Waals surface area contributed by atoms with E-state index in [-0.39, 0.29) is 12.5 Å². The summed E-state index contributed by atoms with van der Waals surface area (Å²) in [6.07, 6.45) is 0.462. The Kier molecular flexibility index (Phi) is 6.96. The van der Waals surface area contributed by atoms with Crippen LogP contribution < -0.4 is 5.32 Å². The molecule has 0 bridgehead atoms. The van der Waals surface area contributed by atoms with E-state index in [1.807, 2.05) is 12.1 Å². The number of hydrogen-bond acceptors (Lipinski definition) is 2. The van der Waals surface area contributed by atoms with Crippen molar-refractivity contribution in [3.8, 4) is 0 Å². The van der Waals surface area contributed by atoms with Crippen molar-refractivity contribution in [2.75, 3.05) is 6.54 Å². The summed E-state index contributed by atoms with van der Waals surface area (Å²) in [5.41, 5.74) is -0.346. The molecule has 0 spiro atoms. The Labute approximate surface area is 158 Å². The van der Waals surface area contributed by atoms with Crippen molar-refractivity contribution in [2.45, 2.75) is 20.3 Å². The number of aliphatic carboxylic acids is 1. The standard InChI is InChI=1S/C13H14I3NO3/c1-3-13(2,12(19)20)6-17-11(18)8-4-7(14)5-9(15)10(8)16/h4-5H,3,6H2,1-2H3,(H,17,18)(H,19,20). The second kappa shape index (κ2) is 7.56. The van der Waals surface area contributed by atoms with Gasteiger partial charge in [0.25, 0.3) is 5.91 Å². The number of carboxylic acids is 1. The van der Waals surface area contributed by atoms with Crippen molar-refractivity contribution in [3.05, 3.63) is 28.4 Å². The van der Waals surface area contributed by atoms with Crippen LogP contribution in [0.15, 0.2) is 12.1 Å². The lowest BCUT2D eigenvalue weighted by molar-refractivity contribution is -0.147. The topological polar surface area (TPSA) is 66.4 Å². The molecule has 0 fully saturated rings. The predicted molar refractivity (Wildman–Crippen MR) is 103 cm³/mol. The minimum absolute atomic E-state index is 0.121. The molecule has 0 saturated carbocycles. The van der Waals surface area contributed by atoms with Gasteiger partial charge in [-0.25, -0.2) is 0 Å². The highest BCUT2D eigenvalue weighted by Crippen LogP contribution is 2.24. The van der Waals surface area contributed by atoms with Crippen molar-refractivity contribution < 1.29 is 14.7 Å². The summed E-state index contributed by atoms with van der Waals surface area (Å²) in [6.45, 7) is 3.56. The van der Waals surface area contributed by atoms with Crippen LogP contribution >= 0.6 is 67.8 Å². The molecule has 0 heterocycles. The Morgan fingerprint density at radius 1 is 1.30 bits per heavy atom. The van der Waals surface area contributed by atoms with Crippen LogP contribution in [0.3, 0.4) is 0 Å². The van der Waals surface area contributed by atoms with E-state index in [1.54, 1.807) is 13.8 Å². The number of benzene rings is 1. The first-order chi connectivity index (χ1) is 9.21. The maximum atomic E-state index is 12.2. The molecule has 0 aliphatic rings. The van der Waals surface area contributed by atoms with Crippen LogP contribution in [0.5, 0.6) is 0 Å². The molecule has 1 unspecified atom stereocenters. The van der Waals surface area contributed by atoms with Gasteiger partial charge in [0.15, 0.2) is 0 Å². The fourth-order valence-corrected chi connectivity index (χ4v) is 3.84. The summed E-state index contributed by atoms with van der Waals surface area (Å²) in [4.78, 5) is 23.5. The van der Waals surface area contributed by atoms with Gasteiger partial charge in [-0.3, -0.25) is 9.59 Å². The summed E-state index contributed by atoms with van der Waals surface area (Å²) in [5.74, 6) is -1.13. The zero-order chi connectivity index (χ0) is 15.5. The third-order valence-electron chi connectivity index (χ3n) is 3.17. The average Bonchev–Trinajstić information content (AvgIpc) is 2.39. The molecule has 0 aliphatic heterocycles. The smallest absolute Gasteiger partial charge is 0.311 e. The molecule has 7 heteroatoms. The molecular weight excluding hydrogens is 599 g/mol. The Morgan fingerprint density at radius 2 is 1.90 bits per heavy atom. The van der Waals surface area contributed by atoms with Crippen molar-refractivity contribution in [1.29, 1.82) is 0 Å². The molecule has 1 rings (SSSR count). The highest BCUT2D eigenvalue weighted by Gasteiger charge is 2.31. The lowest BCUT2D eigenvalue weighted by Crippen LogP contribution is -2.40. The van der Waals surface area contributed by atoms with Gasteiger partial charge in [0.2, 0.25) is 0 Å². The first-order valence-corrected chi connectivity index (χ1v) is 9.11. The zero-order valence-corrected chi connectivity index (χ0v) is 17.4. The third-order valence-corrected chi connectivity index (χ3v) is 6.84. The van der Waals surface area contributed by atoms with Gasteiger partial charge in [0.1, 0.15) is 0 Å². The Hall–Kier alpha value is 0.350. The number of carbonyl (C=O) groups is 2. The monoisotopic (exact) mass is 613 g/mol. The van der Waals surface area contributed by atoms with Crippen molar-refractivity contribution in [2.24, 2.45) is 5.41 Å². The fourth-order valence-electron chi connectivity index (χ4n) is 1.44. The molecule has 0 aliphatic carbocycles. The molecule has 1 atom stereocenters. The van der Waals surface area contributed by atoms with Gasteiger partial charge in [-0.2, -0.15) is 0 Å². The third kappa shape index (κ3) is 4.42. The summed E-state index contributed by atoms with van der Waals surface area (Å²) in [5, 5.41) is 11.9. The second-order valence-electron chi connectivity index (χ2n) is 4.65. The summed E-state index contributed by atoms with van der Waals surface area (Å²) in [6, 6.07) is 3.80. The van der Waals surface area contributed by atoms with E-state index >= 15 is 0 Å². The molecule has 1 amide bonds. The van der Waals surface area contributed by atoms with Crippen molar-refractivity contribution in [3.63, 3.8) is 0 Å². The highest BCUT2D eigenvalue weighted by atomic mass is 127. The molecule has 110 valence electrons. The van der Waals surface area contributed by atoms with Crippen molar-refractivity contribution >= 4 is 79.6 Å². The fraction of sp³-hybridized carbons (Fsp3) is 0.385. The highest BCUT2D eigenvalue weighted by molar-refractivity contribution is 14.1. The number of hydrogen-bond donors (Lipinski definition) is 2. The van der Waals surface area contributed by atoms with Gasteiger partial charge >= 0.3 is 5.97 Å². The van der Waals surface area contributed by atoms with Gasteiger partial charge in [-0.15, -0.1) is 0 Å². The Bertz CT molecular complexity index is 548. The Morgan fingerprint density at radius 3 is 2.40 bits per heavy atom. The number of rotatable bonds is 5. The van der Waals surface area contributed by atoms with Gasteiger partial charge in [-0.1, -0.05) is 6.92 Å². The van der Waals surface area contributed by atoms with Gasteiger partial charge in [-0.05, 0) is 93.2 Å². The first kappa shape index (κ1) is 18.4. The predicted octanol–water partition coefficient (Wildman–Crippen LogP) is 3.73. The van der Waals surface area contributed by atoms with Crippen LogP contribution in [-0.2, 0) is 4.79 Å². The lowest BCUT2D eigenvalue weighted by Gasteiger charge is -2.23. The number of nitrogens with one attached hydrogen (secondary N) is 1. The first-order valence-electron chi connectivity index (χ1n) is 5.87. The van der Waals surface area contributed by atoms with E-state index in [9.17, 15) is 14.7 Å². The number of carbonyl (C=O) groups excluding carboxylic acids is 1.